The van der Waals surface area contributed by atoms with Gasteiger partial charge in [-0.25, -0.2) is 0 Å². The Morgan fingerprint density at radius 1 is 1.15 bits per heavy atom. The number of rotatable bonds is 9. The van der Waals surface area contributed by atoms with Gasteiger partial charge in [-0.3, -0.25) is 0 Å². The molecule has 0 bridgehead atoms. The first-order valence-electron chi connectivity index (χ1n) is 5.31. The van der Waals surface area contributed by atoms with E-state index in [1.54, 1.807) is 0 Å². The molecule has 0 unspecified atom stereocenters. The van der Waals surface area contributed by atoms with Crippen molar-refractivity contribution in [3.8, 4) is 0 Å². The highest BCUT2D eigenvalue weighted by Crippen LogP contribution is 2.04. The Labute approximate surface area is 91.1 Å². The van der Waals surface area contributed by atoms with E-state index in [2.05, 4.69) is 34.7 Å². The Morgan fingerprint density at radius 2 is 1.77 bits per heavy atom. The molecule has 0 aromatic heterocycles. The third-order valence-electron chi connectivity index (χ3n) is 2.02. The quantitative estimate of drug-likeness (QED) is 0.611. The molecule has 0 fully saturated rings. The van der Waals surface area contributed by atoms with Gasteiger partial charge in [0.15, 0.2) is 0 Å². The van der Waals surface area contributed by atoms with Gasteiger partial charge in [-0.1, -0.05) is 61.5 Å². The van der Waals surface area contributed by atoms with Gasteiger partial charge in [0.25, 0.3) is 0 Å². The van der Waals surface area contributed by atoms with Crippen molar-refractivity contribution in [2.75, 3.05) is 13.1 Å². The number of hydrogen-bond acceptors (Lipinski definition) is 1. The van der Waals surface area contributed by atoms with Crippen LogP contribution in [0.4, 0.5) is 0 Å². The fourth-order valence-electron chi connectivity index (χ4n) is 1.25. The Hall–Kier alpha value is 0.180. The summed E-state index contributed by atoms with van der Waals surface area (Å²) in [6.45, 7) is 8.04. The summed E-state index contributed by atoms with van der Waals surface area (Å²) in [6, 6.07) is 0. The predicted octanol–water partition coefficient (Wildman–Crippen LogP) is 3.85. The van der Waals surface area contributed by atoms with E-state index in [0.29, 0.717) is 0 Å². The summed E-state index contributed by atoms with van der Waals surface area (Å²) < 4.78 is 1.04. The molecule has 0 aromatic rings. The Balaban J connectivity index is 2.87. The monoisotopic (exact) mass is 247 g/mol. The molecule has 13 heavy (non-hydrogen) atoms. The third-order valence-corrected chi connectivity index (χ3v) is 2.30. The SMILES string of the molecule is C=C(Br)CNCCCCCCCC. The average molecular weight is 248 g/mol. The topological polar surface area (TPSA) is 12.0 Å². The van der Waals surface area contributed by atoms with E-state index in [4.69, 9.17) is 0 Å². The predicted molar refractivity (Wildman–Crippen MR) is 64.3 cm³/mol. The maximum atomic E-state index is 3.77. The molecule has 0 radical (unpaired) electrons. The second-order valence-corrected chi connectivity index (χ2v) is 4.58. The van der Waals surface area contributed by atoms with Gasteiger partial charge in [0.2, 0.25) is 0 Å². The van der Waals surface area contributed by atoms with Gasteiger partial charge in [-0.15, -0.1) is 0 Å². The molecule has 0 spiro atoms. The maximum absolute atomic E-state index is 3.77. The van der Waals surface area contributed by atoms with Crippen LogP contribution in [0.3, 0.4) is 0 Å². The molecule has 2 heteroatoms. The molecular formula is C11H22BrN. The van der Waals surface area contributed by atoms with E-state index in [-0.39, 0.29) is 0 Å². The minimum atomic E-state index is 0.898. The van der Waals surface area contributed by atoms with Gasteiger partial charge in [-0.05, 0) is 13.0 Å². The smallest absolute Gasteiger partial charge is 0.0265 e. The molecular weight excluding hydrogens is 226 g/mol. The molecule has 0 aliphatic carbocycles. The Bertz CT molecular complexity index is 123. The summed E-state index contributed by atoms with van der Waals surface area (Å²) >= 11 is 3.32. The zero-order chi connectivity index (χ0) is 9.94. The lowest BCUT2D eigenvalue weighted by atomic mass is 10.1. The van der Waals surface area contributed by atoms with Crippen molar-refractivity contribution >= 4 is 15.9 Å². The van der Waals surface area contributed by atoms with Crippen molar-refractivity contribution in [3.05, 3.63) is 11.1 Å². The molecule has 0 heterocycles. The van der Waals surface area contributed by atoms with Gasteiger partial charge in [-0.2, -0.15) is 0 Å². The zero-order valence-electron chi connectivity index (χ0n) is 8.74. The van der Waals surface area contributed by atoms with Gasteiger partial charge in [0.05, 0.1) is 0 Å². The third kappa shape index (κ3) is 12.2. The van der Waals surface area contributed by atoms with Gasteiger partial charge in [0.1, 0.15) is 0 Å². The van der Waals surface area contributed by atoms with Crippen LogP contribution in [0, 0.1) is 0 Å². The summed E-state index contributed by atoms with van der Waals surface area (Å²) in [4.78, 5) is 0. The van der Waals surface area contributed by atoms with Crippen molar-refractivity contribution in [1.29, 1.82) is 0 Å². The van der Waals surface area contributed by atoms with E-state index in [9.17, 15) is 0 Å². The molecule has 0 amide bonds. The van der Waals surface area contributed by atoms with Gasteiger partial charge >= 0.3 is 0 Å². The largest absolute Gasteiger partial charge is 0.312 e. The van der Waals surface area contributed by atoms with E-state index >= 15 is 0 Å². The van der Waals surface area contributed by atoms with Crippen LogP contribution in [0.25, 0.3) is 0 Å². The van der Waals surface area contributed by atoms with Crippen LogP contribution < -0.4 is 5.32 Å². The van der Waals surface area contributed by atoms with Crippen LogP contribution in [-0.4, -0.2) is 13.1 Å². The van der Waals surface area contributed by atoms with Crippen LogP contribution in [0.15, 0.2) is 11.1 Å². The first-order valence-corrected chi connectivity index (χ1v) is 6.10. The van der Waals surface area contributed by atoms with Crippen molar-refractivity contribution < 1.29 is 0 Å². The van der Waals surface area contributed by atoms with Crippen molar-refractivity contribution in [1.82, 2.24) is 5.32 Å². The van der Waals surface area contributed by atoms with Crippen LogP contribution in [0.1, 0.15) is 45.4 Å². The lowest BCUT2D eigenvalue weighted by Crippen LogP contribution is -2.16. The summed E-state index contributed by atoms with van der Waals surface area (Å²) in [5, 5.41) is 3.33. The zero-order valence-corrected chi connectivity index (χ0v) is 10.3. The molecule has 1 nitrogen and oxygen atoms in total. The highest BCUT2D eigenvalue weighted by molar-refractivity contribution is 9.11. The van der Waals surface area contributed by atoms with E-state index < -0.39 is 0 Å². The fraction of sp³-hybridized carbons (Fsp3) is 0.818. The number of halogens is 1. The van der Waals surface area contributed by atoms with E-state index in [1.807, 2.05) is 0 Å². The Morgan fingerprint density at radius 3 is 2.38 bits per heavy atom. The number of unbranched alkanes of at least 4 members (excludes halogenated alkanes) is 5. The highest BCUT2D eigenvalue weighted by Gasteiger charge is 1.90. The normalized spacial score (nSPS) is 10.3. The fourth-order valence-corrected chi connectivity index (χ4v) is 1.45. The second kappa shape index (κ2) is 10.3. The van der Waals surface area contributed by atoms with Crippen molar-refractivity contribution in [2.45, 2.75) is 45.4 Å². The lowest BCUT2D eigenvalue weighted by molar-refractivity contribution is 0.584. The van der Waals surface area contributed by atoms with E-state index in [0.717, 1.165) is 17.6 Å². The summed E-state index contributed by atoms with van der Waals surface area (Å²) in [5.74, 6) is 0. The average Bonchev–Trinajstić information content (AvgIpc) is 2.09. The van der Waals surface area contributed by atoms with Crippen LogP contribution in [0.2, 0.25) is 0 Å². The van der Waals surface area contributed by atoms with E-state index in [1.165, 1.54) is 38.5 Å². The molecule has 0 rings (SSSR count). The maximum Gasteiger partial charge on any atom is 0.0265 e. The molecule has 0 aromatic carbocycles. The number of nitrogens with one attached hydrogen (secondary N) is 1. The highest BCUT2D eigenvalue weighted by atomic mass is 79.9. The standard InChI is InChI=1S/C11H22BrN/c1-3-4-5-6-7-8-9-13-10-11(2)12/h13H,2-10H2,1H3. The molecule has 0 aliphatic heterocycles. The lowest BCUT2D eigenvalue weighted by Gasteiger charge is -2.02. The summed E-state index contributed by atoms with van der Waals surface area (Å²) in [6.07, 6.45) is 8.19. The van der Waals surface area contributed by atoms with Crippen molar-refractivity contribution in [2.24, 2.45) is 0 Å². The van der Waals surface area contributed by atoms with Gasteiger partial charge < -0.3 is 5.32 Å². The minimum Gasteiger partial charge on any atom is -0.312 e. The van der Waals surface area contributed by atoms with Gasteiger partial charge in [0, 0.05) is 11.0 Å². The van der Waals surface area contributed by atoms with Crippen LogP contribution in [-0.2, 0) is 0 Å². The molecule has 0 saturated carbocycles. The molecule has 0 atom stereocenters. The molecule has 1 N–H and O–H groups in total. The minimum absolute atomic E-state index is 0.898. The first-order chi connectivity index (χ1) is 6.27. The summed E-state index contributed by atoms with van der Waals surface area (Å²) in [7, 11) is 0. The molecule has 0 aliphatic rings. The molecule has 0 saturated heterocycles. The van der Waals surface area contributed by atoms with Crippen molar-refractivity contribution in [3.63, 3.8) is 0 Å². The van der Waals surface area contributed by atoms with Crippen LogP contribution in [0.5, 0.6) is 0 Å². The number of hydrogen-bond donors (Lipinski definition) is 1. The summed E-state index contributed by atoms with van der Waals surface area (Å²) in [5.41, 5.74) is 0. The second-order valence-electron chi connectivity index (χ2n) is 3.46. The first kappa shape index (κ1) is 13.2. The molecule has 78 valence electrons. The Kier molecular flexibility index (Phi) is 10.4. The van der Waals surface area contributed by atoms with Crippen LogP contribution >= 0.6 is 15.9 Å².